The van der Waals surface area contributed by atoms with E-state index in [2.05, 4.69) is 21.2 Å². The number of benzene rings is 1. The molecule has 0 aliphatic carbocycles. The maximum atomic E-state index is 12.2. The number of carbonyl (C=O) groups excluding carboxylic acids is 2. The Bertz CT molecular complexity index is 501. The number of hydrogen-bond acceptors (Lipinski definition) is 2. The highest BCUT2D eigenvalue weighted by molar-refractivity contribution is 9.10. The summed E-state index contributed by atoms with van der Waals surface area (Å²) in [6, 6.07) is 7.81. The molecular formula is C15H19BrN2O2. The van der Waals surface area contributed by atoms with E-state index in [0.29, 0.717) is 19.5 Å². The van der Waals surface area contributed by atoms with E-state index in [1.807, 2.05) is 38.1 Å². The van der Waals surface area contributed by atoms with Gasteiger partial charge in [0.25, 0.3) is 0 Å². The molecule has 1 aliphatic rings. The number of likely N-dealkylation sites (tertiary alicyclic amines) is 1. The standard InChI is InChI=1S/C15H19BrN2O2/c1-3-18-9-12(8-14(18)19)15(20)17-10(2)11-4-6-13(16)7-5-11/h4-7,10,12H,3,8-9H2,1-2H3,(H,17,20). The van der Waals surface area contributed by atoms with Crippen molar-refractivity contribution in [2.45, 2.75) is 26.3 Å². The van der Waals surface area contributed by atoms with Crippen LogP contribution in [0, 0.1) is 5.92 Å². The van der Waals surface area contributed by atoms with Crippen LogP contribution in [0.4, 0.5) is 0 Å². The fourth-order valence-electron chi connectivity index (χ4n) is 2.42. The summed E-state index contributed by atoms with van der Waals surface area (Å²) < 4.78 is 1.01. The molecule has 0 bridgehead atoms. The van der Waals surface area contributed by atoms with Crippen LogP contribution in [0.3, 0.4) is 0 Å². The minimum absolute atomic E-state index is 0.0373. The first kappa shape index (κ1) is 15.0. The molecule has 5 heteroatoms. The molecule has 1 aliphatic heterocycles. The Balaban J connectivity index is 1.94. The quantitative estimate of drug-likeness (QED) is 0.916. The van der Waals surface area contributed by atoms with Gasteiger partial charge in [0.15, 0.2) is 0 Å². The van der Waals surface area contributed by atoms with Gasteiger partial charge in [-0.05, 0) is 31.5 Å². The van der Waals surface area contributed by atoms with Crippen molar-refractivity contribution in [3.05, 3.63) is 34.3 Å². The lowest BCUT2D eigenvalue weighted by molar-refractivity contribution is -0.129. The molecule has 0 spiro atoms. The van der Waals surface area contributed by atoms with Crippen LogP contribution in [-0.4, -0.2) is 29.8 Å². The minimum atomic E-state index is -0.222. The van der Waals surface area contributed by atoms with Crippen LogP contribution < -0.4 is 5.32 Å². The van der Waals surface area contributed by atoms with Gasteiger partial charge < -0.3 is 10.2 Å². The molecule has 1 aromatic rings. The lowest BCUT2D eigenvalue weighted by atomic mass is 10.1. The van der Waals surface area contributed by atoms with E-state index < -0.39 is 0 Å². The van der Waals surface area contributed by atoms with Gasteiger partial charge in [0.1, 0.15) is 0 Å². The summed E-state index contributed by atoms with van der Waals surface area (Å²) in [7, 11) is 0. The zero-order valence-corrected chi connectivity index (χ0v) is 13.3. The van der Waals surface area contributed by atoms with Crippen molar-refractivity contribution in [3.8, 4) is 0 Å². The molecule has 1 heterocycles. The van der Waals surface area contributed by atoms with Crippen molar-refractivity contribution in [1.29, 1.82) is 0 Å². The molecule has 0 saturated carbocycles. The second-order valence-corrected chi connectivity index (χ2v) is 6.03. The van der Waals surface area contributed by atoms with E-state index >= 15 is 0 Å². The molecule has 1 saturated heterocycles. The molecule has 2 atom stereocenters. The third-order valence-corrected chi connectivity index (χ3v) is 4.22. The molecule has 4 nitrogen and oxygen atoms in total. The number of nitrogens with one attached hydrogen (secondary N) is 1. The normalized spacial score (nSPS) is 20.1. The number of carbonyl (C=O) groups is 2. The van der Waals surface area contributed by atoms with E-state index in [-0.39, 0.29) is 23.8 Å². The van der Waals surface area contributed by atoms with Crippen LogP contribution in [0.2, 0.25) is 0 Å². The van der Waals surface area contributed by atoms with Gasteiger partial charge in [-0.25, -0.2) is 0 Å². The fraction of sp³-hybridized carbons (Fsp3) is 0.467. The van der Waals surface area contributed by atoms with Gasteiger partial charge in [-0.15, -0.1) is 0 Å². The predicted octanol–water partition coefficient (Wildman–Crippen LogP) is 2.49. The number of nitrogens with zero attached hydrogens (tertiary/aromatic N) is 1. The SMILES string of the molecule is CCN1CC(C(=O)NC(C)c2ccc(Br)cc2)CC1=O. The van der Waals surface area contributed by atoms with Crippen LogP contribution >= 0.6 is 15.9 Å². The molecule has 2 rings (SSSR count). The molecule has 2 unspecified atom stereocenters. The largest absolute Gasteiger partial charge is 0.349 e. The topological polar surface area (TPSA) is 49.4 Å². The molecule has 1 N–H and O–H groups in total. The Kier molecular flexibility index (Phi) is 4.81. The van der Waals surface area contributed by atoms with Crippen molar-refractivity contribution >= 4 is 27.7 Å². The highest BCUT2D eigenvalue weighted by atomic mass is 79.9. The highest BCUT2D eigenvalue weighted by Gasteiger charge is 2.33. The summed E-state index contributed by atoms with van der Waals surface area (Å²) in [5.74, 6) is -0.186. The van der Waals surface area contributed by atoms with Crippen molar-refractivity contribution in [3.63, 3.8) is 0 Å². The molecule has 2 amide bonds. The summed E-state index contributed by atoms with van der Waals surface area (Å²) in [6.45, 7) is 5.09. The van der Waals surface area contributed by atoms with Crippen LogP contribution in [0.5, 0.6) is 0 Å². The molecule has 20 heavy (non-hydrogen) atoms. The zero-order valence-electron chi connectivity index (χ0n) is 11.7. The van der Waals surface area contributed by atoms with Gasteiger partial charge in [-0.3, -0.25) is 9.59 Å². The monoisotopic (exact) mass is 338 g/mol. The van der Waals surface area contributed by atoms with Gasteiger partial charge in [-0.1, -0.05) is 28.1 Å². The summed E-state index contributed by atoms with van der Waals surface area (Å²) in [4.78, 5) is 25.6. The van der Waals surface area contributed by atoms with E-state index in [4.69, 9.17) is 0 Å². The molecule has 1 aromatic carbocycles. The molecule has 0 radical (unpaired) electrons. The maximum Gasteiger partial charge on any atom is 0.225 e. The van der Waals surface area contributed by atoms with Crippen molar-refractivity contribution in [2.24, 2.45) is 5.92 Å². The highest BCUT2D eigenvalue weighted by Crippen LogP contribution is 2.20. The van der Waals surface area contributed by atoms with E-state index in [1.54, 1.807) is 4.90 Å². The second-order valence-electron chi connectivity index (χ2n) is 5.12. The summed E-state index contributed by atoms with van der Waals surface area (Å²) in [6.07, 6.45) is 0.326. The van der Waals surface area contributed by atoms with Crippen LogP contribution in [0.1, 0.15) is 31.9 Å². The van der Waals surface area contributed by atoms with E-state index in [0.717, 1.165) is 10.0 Å². The summed E-state index contributed by atoms with van der Waals surface area (Å²) in [5, 5.41) is 2.99. The van der Waals surface area contributed by atoms with Crippen molar-refractivity contribution < 1.29 is 9.59 Å². The first-order valence-corrected chi connectivity index (χ1v) is 7.64. The number of hydrogen-bond donors (Lipinski definition) is 1. The number of rotatable bonds is 4. The Hall–Kier alpha value is -1.36. The Morgan fingerprint density at radius 3 is 2.65 bits per heavy atom. The first-order chi connectivity index (χ1) is 9.51. The lowest BCUT2D eigenvalue weighted by Crippen LogP contribution is -2.34. The Labute approximate surface area is 127 Å². The number of amides is 2. The maximum absolute atomic E-state index is 12.2. The van der Waals surface area contributed by atoms with Gasteiger partial charge in [0.2, 0.25) is 11.8 Å². The van der Waals surface area contributed by atoms with Crippen molar-refractivity contribution in [2.75, 3.05) is 13.1 Å². The average molecular weight is 339 g/mol. The Morgan fingerprint density at radius 1 is 1.45 bits per heavy atom. The summed E-state index contributed by atoms with van der Waals surface area (Å²) in [5.41, 5.74) is 1.05. The average Bonchev–Trinajstić information content (AvgIpc) is 2.80. The van der Waals surface area contributed by atoms with Gasteiger partial charge in [0.05, 0.1) is 12.0 Å². The third-order valence-electron chi connectivity index (χ3n) is 3.70. The zero-order chi connectivity index (χ0) is 14.7. The fourth-order valence-corrected chi connectivity index (χ4v) is 2.68. The first-order valence-electron chi connectivity index (χ1n) is 6.85. The minimum Gasteiger partial charge on any atom is -0.349 e. The smallest absolute Gasteiger partial charge is 0.225 e. The molecular weight excluding hydrogens is 320 g/mol. The van der Waals surface area contributed by atoms with E-state index in [1.165, 1.54) is 0 Å². The Morgan fingerprint density at radius 2 is 2.10 bits per heavy atom. The van der Waals surface area contributed by atoms with Crippen LogP contribution in [0.25, 0.3) is 0 Å². The van der Waals surface area contributed by atoms with Gasteiger partial charge >= 0.3 is 0 Å². The number of halogens is 1. The van der Waals surface area contributed by atoms with Crippen LogP contribution in [-0.2, 0) is 9.59 Å². The van der Waals surface area contributed by atoms with Crippen LogP contribution in [0.15, 0.2) is 28.7 Å². The summed E-state index contributed by atoms with van der Waals surface area (Å²) >= 11 is 3.39. The van der Waals surface area contributed by atoms with Crippen molar-refractivity contribution in [1.82, 2.24) is 10.2 Å². The predicted molar refractivity (Wildman–Crippen MR) is 81.1 cm³/mol. The second kappa shape index (κ2) is 6.39. The molecule has 108 valence electrons. The third kappa shape index (κ3) is 3.39. The van der Waals surface area contributed by atoms with Gasteiger partial charge in [-0.2, -0.15) is 0 Å². The molecule has 1 fully saturated rings. The lowest BCUT2D eigenvalue weighted by Gasteiger charge is -2.18. The van der Waals surface area contributed by atoms with Gasteiger partial charge in [0, 0.05) is 24.0 Å². The molecule has 0 aromatic heterocycles. The van der Waals surface area contributed by atoms with E-state index in [9.17, 15) is 9.59 Å².